The minimum atomic E-state index is -0.904. The monoisotopic (exact) mass is 294 g/mol. The molecule has 0 spiro atoms. The summed E-state index contributed by atoms with van der Waals surface area (Å²) in [6.45, 7) is 3.65. The van der Waals surface area contributed by atoms with Crippen molar-refractivity contribution in [2.24, 2.45) is 0 Å². The van der Waals surface area contributed by atoms with Gasteiger partial charge in [0.15, 0.2) is 5.78 Å². The first-order valence-corrected chi connectivity index (χ1v) is 7.26. The van der Waals surface area contributed by atoms with Gasteiger partial charge in [0.1, 0.15) is 11.4 Å². The van der Waals surface area contributed by atoms with Crippen LogP contribution in [0.15, 0.2) is 24.3 Å². The van der Waals surface area contributed by atoms with Gasteiger partial charge < -0.3 is 9.84 Å². The van der Waals surface area contributed by atoms with Gasteiger partial charge in [-0.2, -0.15) is 0 Å². The molecule has 2 aliphatic rings. The van der Waals surface area contributed by atoms with Gasteiger partial charge in [-0.05, 0) is 25.0 Å². The van der Waals surface area contributed by atoms with E-state index in [9.17, 15) is 14.7 Å². The highest BCUT2D eigenvalue weighted by Crippen LogP contribution is 2.50. The van der Waals surface area contributed by atoms with Gasteiger partial charge in [-0.1, -0.05) is 31.2 Å². The van der Waals surface area contributed by atoms with E-state index in [-0.39, 0.29) is 17.1 Å². The molecule has 0 aromatic heterocycles. The van der Waals surface area contributed by atoms with Crippen molar-refractivity contribution in [1.82, 2.24) is 0 Å². The van der Waals surface area contributed by atoms with E-state index in [4.69, 9.17) is 4.74 Å². The lowest BCUT2D eigenvalue weighted by atomic mass is 9.81. The third-order valence-corrected chi connectivity index (χ3v) is 4.72. The molecule has 0 fully saturated rings. The van der Waals surface area contributed by atoms with E-state index >= 15 is 0 Å². The second kappa shape index (κ2) is 3.97. The standard InChI is InChI=1S/C18H14O4/c1-3-18(2)15-14(17(21)22-18)13-11(19)8-7-9-5-4-6-10(12(9)13)16(15)20/h4-8,20H,3H2,1-2H3. The zero-order valence-electron chi connectivity index (χ0n) is 12.3. The Bertz CT molecular complexity index is 907. The van der Waals surface area contributed by atoms with Gasteiger partial charge in [-0.3, -0.25) is 4.79 Å². The van der Waals surface area contributed by atoms with E-state index in [1.807, 2.05) is 19.1 Å². The molecule has 1 heterocycles. The number of carbonyl (C=O) groups excluding carboxylic acids is 2. The second-order valence-corrected chi connectivity index (χ2v) is 5.91. The van der Waals surface area contributed by atoms with Crippen LogP contribution in [0.5, 0.6) is 5.75 Å². The van der Waals surface area contributed by atoms with Crippen LogP contribution in [-0.4, -0.2) is 16.9 Å². The average molecular weight is 294 g/mol. The molecule has 1 aliphatic heterocycles. The zero-order valence-corrected chi connectivity index (χ0v) is 12.3. The molecule has 1 N–H and O–H groups in total. The van der Waals surface area contributed by atoms with Gasteiger partial charge in [0.05, 0.1) is 11.1 Å². The highest BCUT2D eigenvalue weighted by atomic mass is 16.6. The van der Waals surface area contributed by atoms with Crippen LogP contribution < -0.4 is 0 Å². The number of benzene rings is 2. The lowest BCUT2D eigenvalue weighted by Gasteiger charge is -2.24. The van der Waals surface area contributed by atoms with Crippen LogP contribution in [0.3, 0.4) is 0 Å². The number of esters is 1. The summed E-state index contributed by atoms with van der Waals surface area (Å²) in [7, 11) is 0. The molecule has 4 heteroatoms. The molecular weight excluding hydrogens is 280 g/mol. The Morgan fingerprint density at radius 1 is 1.18 bits per heavy atom. The minimum absolute atomic E-state index is 0.0360. The molecule has 0 saturated carbocycles. The quantitative estimate of drug-likeness (QED) is 0.817. The fraction of sp³-hybridized carbons (Fsp3) is 0.222. The van der Waals surface area contributed by atoms with E-state index in [2.05, 4.69) is 0 Å². The maximum atomic E-state index is 12.4. The fourth-order valence-corrected chi connectivity index (χ4v) is 3.46. The Morgan fingerprint density at radius 3 is 2.68 bits per heavy atom. The smallest absolute Gasteiger partial charge is 0.340 e. The Balaban J connectivity index is 2.28. The summed E-state index contributed by atoms with van der Waals surface area (Å²) < 4.78 is 5.50. The first-order chi connectivity index (χ1) is 10.5. The third-order valence-electron chi connectivity index (χ3n) is 4.72. The van der Waals surface area contributed by atoms with Gasteiger partial charge in [-0.15, -0.1) is 0 Å². The summed E-state index contributed by atoms with van der Waals surface area (Å²) in [4.78, 5) is 24.8. The maximum Gasteiger partial charge on any atom is 0.340 e. The normalized spacial score (nSPS) is 22.1. The summed E-state index contributed by atoms with van der Waals surface area (Å²) in [6.07, 6.45) is 3.69. The van der Waals surface area contributed by atoms with Crippen molar-refractivity contribution in [3.05, 3.63) is 46.5 Å². The Kier molecular flexibility index (Phi) is 2.36. The van der Waals surface area contributed by atoms with Gasteiger partial charge in [0.2, 0.25) is 0 Å². The number of fused-ring (bicyclic) bond motifs is 2. The number of ether oxygens (including phenoxy) is 1. The summed E-state index contributed by atoms with van der Waals surface area (Å²) in [5, 5.41) is 12.0. The van der Waals surface area contributed by atoms with Crippen molar-refractivity contribution in [3.63, 3.8) is 0 Å². The molecule has 1 unspecified atom stereocenters. The Morgan fingerprint density at radius 2 is 1.95 bits per heavy atom. The molecule has 2 aromatic rings. The van der Waals surface area contributed by atoms with Crippen molar-refractivity contribution < 1.29 is 19.4 Å². The first-order valence-electron chi connectivity index (χ1n) is 7.26. The predicted octanol–water partition coefficient (Wildman–Crippen LogP) is 3.55. The number of cyclic esters (lactones) is 1. The van der Waals surface area contributed by atoms with E-state index in [0.717, 1.165) is 5.56 Å². The van der Waals surface area contributed by atoms with E-state index < -0.39 is 11.6 Å². The number of carbonyl (C=O) groups is 2. The summed E-state index contributed by atoms with van der Waals surface area (Å²) in [5.41, 5.74) is 0.921. The number of phenolic OH excluding ortho intramolecular Hbond substituents is 1. The van der Waals surface area contributed by atoms with Crippen molar-refractivity contribution in [2.75, 3.05) is 0 Å². The lowest BCUT2D eigenvalue weighted by molar-refractivity contribution is -0.00141. The molecule has 1 aliphatic carbocycles. The molecule has 0 saturated heterocycles. The summed E-state index contributed by atoms with van der Waals surface area (Å²) >= 11 is 0. The molecule has 0 radical (unpaired) electrons. The van der Waals surface area contributed by atoms with E-state index in [1.165, 1.54) is 6.08 Å². The minimum Gasteiger partial charge on any atom is -0.507 e. The van der Waals surface area contributed by atoms with Crippen molar-refractivity contribution in [2.45, 2.75) is 25.9 Å². The van der Waals surface area contributed by atoms with Gasteiger partial charge >= 0.3 is 5.97 Å². The van der Waals surface area contributed by atoms with Crippen LogP contribution >= 0.6 is 0 Å². The van der Waals surface area contributed by atoms with Crippen LogP contribution in [0.4, 0.5) is 0 Å². The number of ketones is 1. The number of aromatic hydroxyl groups is 1. The van der Waals surface area contributed by atoms with Crippen molar-refractivity contribution >= 4 is 28.6 Å². The lowest BCUT2D eigenvalue weighted by Crippen LogP contribution is -2.20. The van der Waals surface area contributed by atoms with Crippen LogP contribution in [0.2, 0.25) is 0 Å². The average Bonchev–Trinajstić information content (AvgIpc) is 2.78. The molecule has 4 rings (SSSR count). The van der Waals surface area contributed by atoms with Crippen LogP contribution in [0.1, 0.15) is 52.1 Å². The highest BCUT2D eigenvalue weighted by molar-refractivity contribution is 6.26. The summed E-state index contributed by atoms with van der Waals surface area (Å²) in [5.74, 6) is -0.726. The number of hydrogen-bond acceptors (Lipinski definition) is 4. The number of rotatable bonds is 1. The number of allylic oxidation sites excluding steroid dienone is 1. The fourth-order valence-electron chi connectivity index (χ4n) is 3.46. The topological polar surface area (TPSA) is 63.6 Å². The van der Waals surface area contributed by atoms with Gasteiger partial charge in [-0.25, -0.2) is 4.79 Å². The van der Waals surface area contributed by atoms with Crippen LogP contribution in [0, 0.1) is 0 Å². The molecule has 2 aromatic carbocycles. The SMILES string of the molecule is CCC1(C)OC(=O)c2c1c(O)c1cccc3c1c2C(=O)C=C3. The number of phenols is 1. The zero-order chi connectivity index (χ0) is 15.6. The molecule has 110 valence electrons. The second-order valence-electron chi connectivity index (χ2n) is 5.91. The van der Waals surface area contributed by atoms with Gasteiger partial charge in [0, 0.05) is 16.3 Å². The molecule has 22 heavy (non-hydrogen) atoms. The van der Waals surface area contributed by atoms with Gasteiger partial charge in [0.25, 0.3) is 0 Å². The Labute approximate surface area is 127 Å². The van der Waals surface area contributed by atoms with Crippen molar-refractivity contribution in [1.29, 1.82) is 0 Å². The molecular formula is C18H14O4. The number of hydrogen-bond donors (Lipinski definition) is 1. The predicted molar refractivity (Wildman–Crippen MR) is 82.0 cm³/mol. The molecule has 0 bridgehead atoms. The molecule has 4 nitrogen and oxygen atoms in total. The highest BCUT2D eigenvalue weighted by Gasteiger charge is 2.46. The third kappa shape index (κ3) is 1.37. The molecule has 1 atom stereocenters. The summed E-state index contributed by atoms with van der Waals surface area (Å²) in [6, 6.07) is 5.46. The van der Waals surface area contributed by atoms with E-state index in [1.54, 1.807) is 19.1 Å². The molecule has 0 amide bonds. The van der Waals surface area contributed by atoms with Crippen molar-refractivity contribution in [3.8, 4) is 5.75 Å². The van der Waals surface area contributed by atoms with E-state index in [0.29, 0.717) is 28.3 Å². The first kappa shape index (κ1) is 13.1. The van der Waals surface area contributed by atoms with Crippen LogP contribution in [0.25, 0.3) is 16.8 Å². The maximum absolute atomic E-state index is 12.4. The van der Waals surface area contributed by atoms with Crippen LogP contribution in [-0.2, 0) is 10.3 Å². The Hall–Kier alpha value is -2.62. The largest absolute Gasteiger partial charge is 0.507 e.